The maximum Gasteiger partial charge on any atom is 0.293 e. The Morgan fingerprint density at radius 3 is 2.39 bits per heavy atom. The highest BCUT2D eigenvalue weighted by Gasteiger charge is 2.03. The van der Waals surface area contributed by atoms with Crippen molar-refractivity contribution in [1.82, 2.24) is 0 Å². The van der Waals surface area contributed by atoms with Gasteiger partial charge in [0.25, 0.3) is 6.47 Å². The molecule has 18 heavy (non-hydrogen) atoms. The minimum atomic E-state index is 0.319. The van der Waals surface area contributed by atoms with Gasteiger partial charge in [-0.15, -0.1) is 0 Å². The lowest BCUT2D eigenvalue weighted by Gasteiger charge is -2.07. The van der Waals surface area contributed by atoms with Crippen LogP contribution in [0.5, 0.6) is 0 Å². The highest BCUT2D eigenvalue weighted by atomic mass is 16.5. The zero-order chi connectivity index (χ0) is 12.4. The van der Waals surface area contributed by atoms with Gasteiger partial charge in [0.05, 0.1) is 0 Å². The van der Waals surface area contributed by atoms with Gasteiger partial charge in [-0.05, 0) is 39.2 Å². The first-order chi connectivity index (χ1) is 8.88. The van der Waals surface area contributed by atoms with Gasteiger partial charge in [0, 0.05) is 0 Å². The van der Waals surface area contributed by atoms with Crippen LogP contribution in [0.4, 0.5) is 0 Å². The van der Waals surface area contributed by atoms with E-state index in [1.807, 2.05) is 24.3 Å². The van der Waals surface area contributed by atoms with Crippen molar-refractivity contribution in [2.24, 2.45) is 0 Å². The van der Waals surface area contributed by atoms with Crippen molar-refractivity contribution in [3.8, 4) is 0 Å². The molecular formula is C16H12O2. The summed E-state index contributed by atoms with van der Waals surface area (Å²) in [4.78, 5) is 10.3. The lowest BCUT2D eigenvalue weighted by Crippen LogP contribution is -1.91. The molecule has 0 aliphatic heterocycles. The van der Waals surface area contributed by atoms with Gasteiger partial charge in [0.1, 0.15) is 6.61 Å². The van der Waals surface area contributed by atoms with Gasteiger partial charge >= 0.3 is 0 Å². The average molecular weight is 236 g/mol. The van der Waals surface area contributed by atoms with Crippen LogP contribution in [0, 0.1) is 0 Å². The van der Waals surface area contributed by atoms with Crippen LogP contribution in [0.15, 0.2) is 54.6 Å². The summed E-state index contributed by atoms with van der Waals surface area (Å²) in [6.45, 7) is 0.805. The maximum atomic E-state index is 10.3. The molecule has 0 heterocycles. The number of benzene rings is 3. The van der Waals surface area contributed by atoms with E-state index in [-0.39, 0.29) is 0 Å². The van der Waals surface area contributed by atoms with Crippen LogP contribution in [0.1, 0.15) is 5.56 Å². The first-order valence-electron chi connectivity index (χ1n) is 5.84. The molecule has 0 N–H and O–H groups in total. The van der Waals surface area contributed by atoms with Crippen molar-refractivity contribution in [3.05, 3.63) is 60.2 Å². The van der Waals surface area contributed by atoms with Crippen molar-refractivity contribution >= 4 is 28.0 Å². The third kappa shape index (κ3) is 1.82. The highest BCUT2D eigenvalue weighted by Crippen LogP contribution is 2.25. The predicted octanol–water partition coefficient (Wildman–Crippen LogP) is 3.67. The molecule has 0 spiro atoms. The number of hydrogen-bond acceptors (Lipinski definition) is 2. The van der Waals surface area contributed by atoms with Gasteiger partial charge in [0.2, 0.25) is 0 Å². The second-order valence-corrected chi connectivity index (χ2v) is 4.24. The Bertz CT molecular complexity index is 716. The van der Waals surface area contributed by atoms with Crippen LogP contribution < -0.4 is 0 Å². The lowest BCUT2D eigenvalue weighted by atomic mass is 10.0. The van der Waals surface area contributed by atoms with E-state index >= 15 is 0 Å². The van der Waals surface area contributed by atoms with E-state index in [2.05, 4.69) is 30.3 Å². The van der Waals surface area contributed by atoms with Gasteiger partial charge in [-0.2, -0.15) is 0 Å². The quantitative estimate of drug-likeness (QED) is 0.512. The molecule has 0 saturated heterocycles. The van der Waals surface area contributed by atoms with E-state index in [4.69, 9.17) is 4.74 Å². The molecule has 2 nitrogen and oxygen atoms in total. The van der Waals surface area contributed by atoms with Gasteiger partial charge in [-0.25, -0.2) is 0 Å². The molecule has 2 heteroatoms. The van der Waals surface area contributed by atoms with Crippen LogP contribution in [0.2, 0.25) is 0 Å². The van der Waals surface area contributed by atoms with Crippen molar-refractivity contribution in [1.29, 1.82) is 0 Å². The first-order valence-corrected chi connectivity index (χ1v) is 5.84. The second kappa shape index (κ2) is 4.49. The van der Waals surface area contributed by atoms with Crippen LogP contribution in [-0.2, 0) is 16.1 Å². The van der Waals surface area contributed by atoms with E-state index in [9.17, 15) is 4.79 Å². The fourth-order valence-corrected chi connectivity index (χ4v) is 2.28. The SMILES string of the molecule is O=COCc1cccc2cc3ccccc3cc12. The number of fused-ring (bicyclic) bond motifs is 2. The number of hydrogen-bond donors (Lipinski definition) is 0. The monoisotopic (exact) mass is 236 g/mol. The third-order valence-corrected chi connectivity index (χ3v) is 3.14. The van der Waals surface area contributed by atoms with Crippen LogP contribution in [0.25, 0.3) is 21.5 Å². The lowest BCUT2D eigenvalue weighted by molar-refractivity contribution is -0.129. The number of rotatable bonds is 3. The molecule has 0 atom stereocenters. The topological polar surface area (TPSA) is 26.3 Å². The summed E-state index contributed by atoms with van der Waals surface area (Å²) in [5.74, 6) is 0. The van der Waals surface area contributed by atoms with Crippen molar-refractivity contribution in [2.75, 3.05) is 0 Å². The Kier molecular flexibility index (Phi) is 2.69. The molecule has 0 aromatic heterocycles. The second-order valence-electron chi connectivity index (χ2n) is 4.24. The number of ether oxygens (including phenoxy) is 1. The summed E-state index contributed by atoms with van der Waals surface area (Å²) < 4.78 is 4.86. The summed E-state index contributed by atoms with van der Waals surface area (Å²) in [5.41, 5.74) is 1.03. The molecule has 3 aromatic rings. The zero-order valence-electron chi connectivity index (χ0n) is 9.80. The fourth-order valence-electron chi connectivity index (χ4n) is 2.28. The largest absolute Gasteiger partial charge is 0.463 e. The molecule has 0 amide bonds. The third-order valence-electron chi connectivity index (χ3n) is 3.14. The van der Waals surface area contributed by atoms with E-state index < -0.39 is 0 Å². The molecule has 0 radical (unpaired) electrons. The van der Waals surface area contributed by atoms with Crippen molar-refractivity contribution in [2.45, 2.75) is 6.61 Å². The Balaban J connectivity index is 2.25. The Labute approximate surface area is 105 Å². The van der Waals surface area contributed by atoms with E-state index in [1.165, 1.54) is 16.2 Å². The summed E-state index contributed by atoms with van der Waals surface area (Å²) >= 11 is 0. The molecule has 0 bridgehead atoms. The Hall–Kier alpha value is -2.35. The molecule has 88 valence electrons. The van der Waals surface area contributed by atoms with E-state index in [0.29, 0.717) is 13.1 Å². The smallest absolute Gasteiger partial charge is 0.293 e. The van der Waals surface area contributed by atoms with Gasteiger partial charge in [-0.1, -0.05) is 42.5 Å². The molecular weight excluding hydrogens is 224 g/mol. The first kappa shape index (κ1) is 10.8. The van der Waals surface area contributed by atoms with Crippen LogP contribution in [-0.4, -0.2) is 6.47 Å². The number of carbonyl (C=O) groups is 1. The molecule has 0 fully saturated rings. The normalized spacial score (nSPS) is 10.7. The zero-order valence-corrected chi connectivity index (χ0v) is 9.80. The molecule has 0 unspecified atom stereocenters. The van der Waals surface area contributed by atoms with Crippen LogP contribution >= 0.6 is 0 Å². The number of carbonyl (C=O) groups excluding carboxylic acids is 1. The summed E-state index contributed by atoms with van der Waals surface area (Å²) in [5, 5.41) is 4.72. The molecule has 0 saturated carbocycles. The standard InChI is InChI=1S/C16H12O2/c17-11-18-10-15-7-3-6-14-8-12-4-1-2-5-13(12)9-16(14)15/h1-9,11H,10H2. The van der Waals surface area contributed by atoms with Crippen molar-refractivity contribution < 1.29 is 9.53 Å². The highest BCUT2D eigenvalue weighted by molar-refractivity contribution is 5.99. The van der Waals surface area contributed by atoms with E-state index in [0.717, 1.165) is 10.9 Å². The summed E-state index contributed by atoms with van der Waals surface area (Å²) in [7, 11) is 0. The van der Waals surface area contributed by atoms with Crippen LogP contribution in [0.3, 0.4) is 0 Å². The van der Waals surface area contributed by atoms with Gasteiger partial charge < -0.3 is 4.74 Å². The van der Waals surface area contributed by atoms with E-state index in [1.54, 1.807) is 0 Å². The fraction of sp³-hybridized carbons (Fsp3) is 0.0625. The predicted molar refractivity (Wildman–Crippen MR) is 72.3 cm³/mol. The molecule has 0 aliphatic rings. The van der Waals surface area contributed by atoms with Gasteiger partial charge in [0.15, 0.2) is 0 Å². The summed E-state index contributed by atoms with van der Waals surface area (Å²) in [6, 6.07) is 18.6. The Morgan fingerprint density at radius 2 is 1.61 bits per heavy atom. The minimum Gasteiger partial charge on any atom is -0.463 e. The van der Waals surface area contributed by atoms with Gasteiger partial charge in [-0.3, -0.25) is 4.79 Å². The Morgan fingerprint density at radius 1 is 0.889 bits per heavy atom. The van der Waals surface area contributed by atoms with Crippen molar-refractivity contribution in [3.63, 3.8) is 0 Å². The molecule has 3 aromatic carbocycles. The maximum absolute atomic E-state index is 10.3. The minimum absolute atomic E-state index is 0.319. The average Bonchev–Trinajstić information content (AvgIpc) is 2.43. The molecule has 0 aliphatic carbocycles. The summed E-state index contributed by atoms with van der Waals surface area (Å²) in [6.07, 6.45) is 0. The molecule has 3 rings (SSSR count).